The molecule has 0 bridgehead atoms. The topological polar surface area (TPSA) is 66.6 Å². The lowest BCUT2D eigenvalue weighted by Crippen LogP contribution is -2.45. The van der Waals surface area contributed by atoms with Crippen LogP contribution in [0.15, 0.2) is 0 Å². The molecule has 2 aliphatic rings. The number of likely N-dealkylation sites (tertiary alicyclic amines) is 1. The second kappa shape index (κ2) is 6.02. The average Bonchev–Trinajstić information content (AvgIpc) is 2.68. The van der Waals surface area contributed by atoms with E-state index in [1.807, 2.05) is 4.90 Å². The summed E-state index contributed by atoms with van der Waals surface area (Å²) in [5, 5.41) is 10.1. The van der Waals surface area contributed by atoms with Crippen molar-refractivity contribution in [2.45, 2.75) is 57.0 Å². The van der Waals surface area contributed by atoms with Crippen LogP contribution in [0.1, 0.15) is 51.4 Å². The van der Waals surface area contributed by atoms with Crippen LogP contribution in [0.3, 0.4) is 0 Å². The maximum Gasteiger partial charge on any atom is 0.225 e. The molecule has 0 aromatic heterocycles. The zero-order valence-corrected chi connectivity index (χ0v) is 11.2. The molecular weight excluding hydrogens is 228 g/mol. The third-order valence-corrected chi connectivity index (χ3v) is 4.56. The van der Waals surface area contributed by atoms with Gasteiger partial charge < -0.3 is 15.7 Å². The van der Waals surface area contributed by atoms with E-state index in [1.54, 1.807) is 0 Å². The molecule has 4 nitrogen and oxygen atoms in total. The summed E-state index contributed by atoms with van der Waals surface area (Å²) in [5.74, 6) is 0.436. The van der Waals surface area contributed by atoms with Gasteiger partial charge in [0.15, 0.2) is 0 Å². The van der Waals surface area contributed by atoms with E-state index < -0.39 is 5.60 Å². The van der Waals surface area contributed by atoms with Gasteiger partial charge in [-0.15, -0.1) is 0 Å². The Bertz CT molecular complexity index is 278. The Balaban J connectivity index is 1.86. The van der Waals surface area contributed by atoms with Crippen molar-refractivity contribution >= 4 is 5.91 Å². The summed E-state index contributed by atoms with van der Waals surface area (Å²) in [7, 11) is 0. The molecule has 104 valence electrons. The summed E-state index contributed by atoms with van der Waals surface area (Å²) in [4.78, 5) is 14.5. The highest BCUT2D eigenvalue weighted by Gasteiger charge is 2.36. The van der Waals surface area contributed by atoms with Gasteiger partial charge in [0, 0.05) is 25.6 Å². The van der Waals surface area contributed by atoms with Crippen molar-refractivity contribution in [2.24, 2.45) is 11.7 Å². The summed E-state index contributed by atoms with van der Waals surface area (Å²) in [6, 6.07) is 0. The minimum absolute atomic E-state index is 0.120. The van der Waals surface area contributed by atoms with E-state index in [9.17, 15) is 9.90 Å². The van der Waals surface area contributed by atoms with Crippen LogP contribution in [-0.2, 0) is 4.79 Å². The molecule has 1 saturated carbocycles. The minimum atomic E-state index is -0.713. The molecule has 0 aromatic carbocycles. The van der Waals surface area contributed by atoms with Crippen molar-refractivity contribution in [3.63, 3.8) is 0 Å². The summed E-state index contributed by atoms with van der Waals surface area (Å²) in [6.07, 6.45) is 7.73. The first-order valence-electron chi connectivity index (χ1n) is 7.36. The quantitative estimate of drug-likeness (QED) is 0.780. The fraction of sp³-hybridized carbons (Fsp3) is 0.929. The van der Waals surface area contributed by atoms with E-state index in [2.05, 4.69) is 0 Å². The van der Waals surface area contributed by atoms with Crippen LogP contribution in [0.25, 0.3) is 0 Å². The minimum Gasteiger partial charge on any atom is -0.389 e. The van der Waals surface area contributed by atoms with Crippen molar-refractivity contribution in [3.05, 3.63) is 0 Å². The second-order valence-corrected chi connectivity index (χ2v) is 5.94. The second-order valence-electron chi connectivity index (χ2n) is 5.94. The van der Waals surface area contributed by atoms with Crippen LogP contribution >= 0.6 is 0 Å². The third-order valence-electron chi connectivity index (χ3n) is 4.56. The number of hydrogen-bond acceptors (Lipinski definition) is 3. The number of carbonyl (C=O) groups excluding carboxylic acids is 1. The summed E-state index contributed by atoms with van der Waals surface area (Å²) in [5.41, 5.74) is 4.86. The Morgan fingerprint density at radius 2 is 1.72 bits per heavy atom. The van der Waals surface area contributed by atoms with Crippen LogP contribution in [-0.4, -0.2) is 41.1 Å². The van der Waals surface area contributed by atoms with Gasteiger partial charge >= 0.3 is 0 Å². The molecular formula is C14H26N2O2. The first-order chi connectivity index (χ1) is 8.64. The first kappa shape index (κ1) is 13.8. The average molecular weight is 254 g/mol. The number of aliphatic hydroxyl groups is 1. The van der Waals surface area contributed by atoms with E-state index in [0.29, 0.717) is 25.3 Å². The number of carbonyl (C=O) groups is 1. The molecule has 4 heteroatoms. The Morgan fingerprint density at radius 3 is 2.22 bits per heavy atom. The Morgan fingerprint density at radius 1 is 1.17 bits per heavy atom. The van der Waals surface area contributed by atoms with Crippen molar-refractivity contribution in [2.75, 3.05) is 19.6 Å². The molecule has 1 heterocycles. The van der Waals surface area contributed by atoms with Gasteiger partial charge in [0.05, 0.1) is 5.60 Å². The zero-order chi connectivity index (χ0) is 13.0. The molecule has 1 aliphatic carbocycles. The molecule has 2 fully saturated rings. The van der Waals surface area contributed by atoms with E-state index in [1.165, 1.54) is 12.8 Å². The highest BCUT2D eigenvalue weighted by Crippen LogP contribution is 2.32. The summed E-state index contributed by atoms with van der Waals surface area (Å²) < 4.78 is 0. The molecule has 0 atom stereocenters. The van der Waals surface area contributed by atoms with Crippen LogP contribution < -0.4 is 5.73 Å². The number of amides is 1. The molecule has 1 saturated heterocycles. The number of hydrogen-bond donors (Lipinski definition) is 2. The maximum atomic E-state index is 12.4. The predicted molar refractivity (Wildman–Crippen MR) is 71.0 cm³/mol. The first-order valence-corrected chi connectivity index (χ1v) is 7.36. The van der Waals surface area contributed by atoms with Crippen LogP contribution in [0, 0.1) is 5.92 Å². The smallest absolute Gasteiger partial charge is 0.225 e. The summed E-state index contributed by atoms with van der Waals surface area (Å²) in [6.45, 7) is 2.17. The maximum absolute atomic E-state index is 12.4. The Kier molecular flexibility index (Phi) is 4.62. The molecule has 0 spiro atoms. The zero-order valence-electron chi connectivity index (χ0n) is 11.2. The van der Waals surface area contributed by atoms with Crippen LogP contribution in [0.2, 0.25) is 0 Å². The van der Waals surface area contributed by atoms with Gasteiger partial charge in [0.2, 0.25) is 5.91 Å². The van der Waals surface area contributed by atoms with Gasteiger partial charge in [0.25, 0.3) is 0 Å². The molecule has 1 amide bonds. The SMILES string of the molecule is NCC1(O)CCC(C(=O)N2CCCCCC2)CC1. The molecule has 1 aliphatic heterocycles. The summed E-state index contributed by atoms with van der Waals surface area (Å²) >= 11 is 0. The van der Waals surface area contributed by atoms with Gasteiger partial charge in [-0.2, -0.15) is 0 Å². The van der Waals surface area contributed by atoms with E-state index in [0.717, 1.165) is 38.8 Å². The fourth-order valence-corrected chi connectivity index (χ4v) is 3.16. The number of rotatable bonds is 2. The van der Waals surface area contributed by atoms with Gasteiger partial charge in [-0.05, 0) is 38.5 Å². The molecule has 0 aromatic rings. The predicted octanol–water partition coefficient (Wildman–Crippen LogP) is 1.27. The lowest BCUT2D eigenvalue weighted by Gasteiger charge is -2.36. The van der Waals surface area contributed by atoms with Gasteiger partial charge in [0.1, 0.15) is 0 Å². The fourth-order valence-electron chi connectivity index (χ4n) is 3.16. The van der Waals surface area contributed by atoms with Gasteiger partial charge in [-0.1, -0.05) is 12.8 Å². The van der Waals surface area contributed by atoms with E-state index in [4.69, 9.17) is 5.73 Å². The number of nitrogens with zero attached hydrogens (tertiary/aromatic N) is 1. The van der Waals surface area contributed by atoms with Gasteiger partial charge in [-0.3, -0.25) is 4.79 Å². The largest absolute Gasteiger partial charge is 0.389 e. The normalized spacial score (nSPS) is 34.1. The van der Waals surface area contributed by atoms with Crippen LogP contribution in [0.4, 0.5) is 0 Å². The Hall–Kier alpha value is -0.610. The lowest BCUT2D eigenvalue weighted by atomic mass is 9.78. The van der Waals surface area contributed by atoms with Gasteiger partial charge in [-0.25, -0.2) is 0 Å². The van der Waals surface area contributed by atoms with Crippen LogP contribution in [0.5, 0.6) is 0 Å². The molecule has 0 radical (unpaired) electrons. The highest BCUT2D eigenvalue weighted by atomic mass is 16.3. The third kappa shape index (κ3) is 3.23. The van der Waals surface area contributed by atoms with Crippen molar-refractivity contribution in [1.82, 2.24) is 4.90 Å². The molecule has 3 N–H and O–H groups in total. The molecule has 2 rings (SSSR count). The van der Waals surface area contributed by atoms with E-state index in [-0.39, 0.29) is 5.92 Å². The standard InChI is InChI=1S/C14H26N2O2/c15-11-14(18)7-5-12(6-8-14)13(17)16-9-3-1-2-4-10-16/h12,18H,1-11,15H2. The lowest BCUT2D eigenvalue weighted by molar-refractivity contribution is -0.138. The van der Waals surface area contributed by atoms with E-state index >= 15 is 0 Å². The highest BCUT2D eigenvalue weighted by molar-refractivity contribution is 5.79. The molecule has 0 unspecified atom stereocenters. The Labute approximate surface area is 110 Å². The van der Waals surface area contributed by atoms with Crippen molar-refractivity contribution in [1.29, 1.82) is 0 Å². The molecule has 18 heavy (non-hydrogen) atoms. The van der Waals surface area contributed by atoms with Crippen molar-refractivity contribution in [3.8, 4) is 0 Å². The monoisotopic (exact) mass is 254 g/mol. The number of nitrogens with two attached hydrogens (primary N) is 1. The van der Waals surface area contributed by atoms with Crippen molar-refractivity contribution < 1.29 is 9.90 Å².